The van der Waals surface area contributed by atoms with Crippen LogP contribution in [0.3, 0.4) is 0 Å². The van der Waals surface area contributed by atoms with Crippen molar-refractivity contribution in [2.75, 3.05) is 18.6 Å². The average molecular weight is 244 g/mol. The van der Waals surface area contributed by atoms with Crippen molar-refractivity contribution in [3.8, 4) is 0 Å². The minimum Gasteiger partial charge on any atom is -0.399 e. The molecule has 1 aromatic rings. The second-order valence-corrected chi connectivity index (χ2v) is 5.34. The van der Waals surface area contributed by atoms with Crippen LogP contribution in [-0.4, -0.2) is 27.3 Å². The van der Waals surface area contributed by atoms with Crippen LogP contribution in [0, 0.1) is 0 Å². The van der Waals surface area contributed by atoms with Gasteiger partial charge in [-0.3, -0.25) is 4.18 Å². The Hall–Kier alpha value is -1.11. The number of benzene rings is 1. The fourth-order valence-electron chi connectivity index (χ4n) is 1.23. The molecule has 0 unspecified atom stereocenters. The van der Waals surface area contributed by atoms with Crippen molar-refractivity contribution in [3.63, 3.8) is 0 Å². The van der Waals surface area contributed by atoms with E-state index in [9.17, 15) is 8.42 Å². The molecule has 0 radical (unpaired) electrons. The summed E-state index contributed by atoms with van der Waals surface area (Å²) in [5, 5.41) is 0. The topological polar surface area (TPSA) is 95.4 Å². The Labute approximate surface area is 95.5 Å². The first kappa shape index (κ1) is 13.0. The lowest BCUT2D eigenvalue weighted by molar-refractivity contribution is 0.293. The van der Waals surface area contributed by atoms with Crippen molar-refractivity contribution in [1.29, 1.82) is 0 Å². The lowest BCUT2D eigenvalue weighted by Crippen LogP contribution is -2.29. The van der Waals surface area contributed by atoms with Crippen molar-refractivity contribution < 1.29 is 12.6 Å². The number of nitrogens with two attached hydrogens (primary N) is 2. The highest BCUT2D eigenvalue weighted by atomic mass is 32.2. The highest BCUT2D eigenvalue weighted by Crippen LogP contribution is 2.07. The molecule has 16 heavy (non-hydrogen) atoms. The molecular weight excluding hydrogens is 228 g/mol. The van der Waals surface area contributed by atoms with E-state index in [-0.39, 0.29) is 12.6 Å². The predicted molar refractivity (Wildman–Crippen MR) is 63.3 cm³/mol. The molecule has 0 amide bonds. The quantitative estimate of drug-likeness (QED) is 0.566. The summed E-state index contributed by atoms with van der Waals surface area (Å²) in [5.41, 5.74) is 13.0. The van der Waals surface area contributed by atoms with E-state index in [1.807, 2.05) is 12.1 Å². The van der Waals surface area contributed by atoms with Crippen molar-refractivity contribution in [2.45, 2.75) is 12.5 Å². The second kappa shape index (κ2) is 5.29. The third-order valence-electron chi connectivity index (χ3n) is 1.97. The van der Waals surface area contributed by atoms with Crippen molar-refractivity contribution >= 4 is 15.8 Å². The fourth-order valence-corrected chi connectivity index (χ4v) is 1.65. The Kier molecular flexibility index (Phi) is 4.28. The van der Waals surface area contributed by atoms with Crippen molar-refractivity contribution in [2.24, 2.45) is 5.73 Å². The molecule has 0 heterocycles. The van der Waals surface area contributed by atoms with Crippen LogP contribution in [0.25, 0.3) is 0 Å². The van der Waals surface area contributed by atoms with Gasteiger partial charge in [0.1, 0.15) is 0 Å². The molecule has 0 saturated heterocycles. The van der Waals surface area contributed by atoms with Gasteiger partial charge < -0.3 is 11.5 Å². The minimum absolute atomic E-state index is 0.0107. The standard InChI is InChI=1S/C10H16N2O3S/c1-16(13,14)15-7-10(12)6-8-2-4-9(11)5-3-8/h2-5,10H,6-7,11-12H2,1H3/t10-/m1/s1. The van der Waals surface area contributed by atoms with Gasteiger partial charge in [-0.05, 0) is 24.1 Å². The number of rotatable bonds is 5. The van der Waals surface area contributed by atoms with E-state index in [1.165, 1.54) is 0 Å². The second-order valence-electron chi connectivity index (χ2n) is 3.69. The summed E-state index contributed by atoms with van der Waals surface area (Å²) in [6.07, 6.45) is 1.55. The van der Waals surface area contributed by atoms with Crippen LogP contribution in [0.5, 0.6) is 0 Å². The molecule has 0 aliphatic rings. The van der Waals surface area contributed by atoms with E-state index >= 15 is 0 Å². The van der Waals surface area contributed by atoms with Crippen LogP contribution < -0.4 is 11.5 Å². The first-order valence-corrected chi connectivity index (χ1v) is 6.63. The molecule has 0 spiro atoms. The maximum Gasteiger partial charge on any atom is 0.264 e. The molecule has 0 bridgehead atoms. The summed E-state index contributed by atoms with van der Waals surface area (Å²) in [6, 6.07) is 6.92. The zero-order valence-corrected chi connectivity index (χ0v) is 9.91. The molecule has 1 rings (SSSR count). The molecule has 90 valence electrons. The van der Waals surface area contributed by atoms with Gasteiger partial charge in [0.15, 0.2) is 0 Å². The summed E-state index contributed by atoms with van der Waals surface area (Å²) in [6.45, 7) is -0.0107. The maximum absolute atomic E-state index is 10.7. The molecular formula is C10H16N2O3S. The van der Waals surface area contributed by atoms with Crippen LogP contribution in [0.15, 0.2) is 24.3 Å². The van der Waals surface area contributed by atoms with Crippen LogP contribution in [0.2, 0.25) is 0 Å². The van der Waals surface area contributed by atoms with E-state index in [2.05, 4.69) is 4.18 Å². The fraction of sp³-hybridized carbons (Fsp3) is 0.400. The molecule has 6 heteroatoms. The van der Waals surface area contributed by atoms with E-state index in [0.717, 1.165) is 11.8 Å². The van der Waals surface area contributed by atoms with Crippen molar-refractivity contribution in [1.82, 2.24) is 0 Å². The van der Waals surface area contributed by atoms with Gasteiger partial charge >= 0.3 is 0 Å². The zero-order chi connectivity index (χ0) is 12.2. The summed E-state index contributed by atoms with van der Waals surface area (Å²) in [4.78, 5) is 0. The van der Waals surface area contributed by atoms with E-state index in [4.69, 9.17) is 11.5 Å². The third kappa shape index (κ3) is 5.11. The van der Waals surface area contributed by atoms with Gasteiger partial charge in [0, 0.05) is 11.7 Å². The minimum atomic E-state index is -3.42. The summed E-state index contributed by atoms with van der Waals surface area (Å²) < 4.78 is 26.1. The molecule has 0 aliphatic heterocycles. The zero-order valence-electron chi connectivity index (χ0n) is 9.09. The maximum atomic E-state index is 10.7. The van der Waals surface area contributed by atoms with Gasteiger partial charge in [0.25, 0.3) is 10.1 Å². The molecule has 0 fully saturated rings. The Balaban J connectivity index is 2.45. The van der Waals surface area contributed by atoms with Gasteiger partial charge in [-0.1, -0.05) is 12.1 Å². The largest absolute Gasteiger partial charge is 0.399 e. The Morgan fingerprint density at radius 1 is 1.31 bits per heavy atom. The highest BCUT2D eigenvalue weighted by molar-refractivity contribution is 7.85. The van der Waals surface area contributed by atoms with Crippen LogP contribution in [0.1, 0.15) is 5.56 Å². The molecule has 0 aliphatic carbocycles. The van der Waals surface area contributed by atoms with Gasteiger partial charge in [-0.2, -0.15) is 8.42 Å². The molecule has 0 aromatic heterocycles. The van der Waals surface area contributed by atoms with Gasteiger partial charge in [0.2, 0.25) is 0 Å². The van der Waals surface area contributed by atoms with E-state index in [0.29, 0.717) is 12.1 Å². The van der Waals surface area contributed by atoms with Gasteiger partial charge in [-0.25, -0.2) is 0 Å². The Morgan fingerprint density at radius 3 is 2.38 bits per heavy atom. The number of anilines is 1. The number of hydrogen-bond acceptors (Lipinski definition) is 5. The Morgan fingerprint density at radius 2 is 1.88 bits per heavy atom. The van der Waals surface area contributed by atoms with Crippen LogP contribution in [0.4, 0.5) is 5.69 Å². The normalized spacial score (nSPS) is 13.6. The van der Waals surface area contributed by atoms with E-state index < -0.39 is 10.1 Å². The summed E-state index contributed by atoms with van der Waals surface area (Å²) in [7, 11) is -3.42. The number of hydrogen-bond donors (Lipinski definition) is 2. The first-order valence-electron chi connectivity index (χ1n) is 4.81. The molecule has 5 nitrogen and oxygen atoms in total. The lowest BCUT2D eigenvalue weighted by atomic mass is 10.1. The summed E-state index contributed by atoms with van der Waals surface area (Å²) >= 11 is 0. The predicted octanol–water partition coefficient (Wildman–Crippen LogP) is 0.115. The van der Waals surface area contributed by atoms with Crippen LogP contribution >= 0.6 is 0 Å². The van der Waals surface area contributed by atoms with Crippen molar-refractivity contribution in [3.05, 3.63) is 29.8 Å². The SMILES string of the molecule is CS(=O)(=O)OC[C@H](N)Cc1ccc(N)cc1. The highest BCUT2D eigenvalue weighted by Gasteiger charge is 2.08. The average Bonchev–Trinajstić information content (AvgIpc) is 2.18. The number of nitrogen functional groups attached to an aromatic ring is 1. The van der Waals surface area contributed by atoms with Gasteiger partial charge in [0.05, 0.1) is 12.9 Å². The van der Waals surface area contributed by atoms with Gasteiger partial charge in [-0.15, -0.1) is 0 Å². The first-order chi connectivity index (χ1) is 7.37. The molecule has 1 atom stereocenters. The molecule has 1 aromatic carbocycles. The lowest BCUT2D eigenvalue weighted by Gasteiger charge is -2.11. The Bertz CT molecular complexity index is 428. The van der Waals surface area contributed by atoms with E-state index in [1.54, 1.807) is 12.1 Å². The molecule has 4 N–H and O–H groups in total. The monoisotopic (exact) mass is 244 g/mol. The third-order valence-corrected chi connectivity index (χ3v) is 2.54. The summed E-state index contributed by atoms with van der Waals surface area (Å²) in [5.74, 6) is 0. The van der Waals surface area contributed by atoms with Crippen LogP contribution in [-0.2, 0) is 20.7 Å². The molecule has 0 saturated carbocycles. The smallest absolute Gasteiger partial charge is 0.264 e.